The third-order valence-electron chi connectivity index (χ3n) is 1.81. The molecule has 0 amide bonds. The van der Waals surface area contributed by atoms with E-state index in [-0.39, 0.29) is 16.2 Å². The molecule has 0 heterocycles. The minimum atomic E-state index is -0.162. The molecule has 0 N–H and O–H groups in total. The summed E-state index contributed by atoms with van der Waals surface area (Å²) in [4.78, 5) is 11.3. The highest BCUT2D eigenvalue weighted by atomic mass is 79.9. The number of hydrogen-bond acceptors (Lipinski definition) is 2. The monoisotopic (exact) mass is 300 g/mol. The maximum atomic E-state index is 11.0. The van der Waals surface area contributed by atoms with Gasteiger partial charge in [-0.15, -0.1) is 0 Å². The van der Waals surface area contributed by atoms with Crippen molar-refractivity contribution in [3.63, 3.8) is 0 Å². The maximum Gasteiger partial charge on any atom is 0.306 e. The number of esters is 1. The molecule has 0 aliphatic rings. The molecule has 0 radical (unpaired) electrons. The summed E-state index contributed by atoms with van der Waals surface area (Å²) in [5.74, 6) is -0.162. The van der Waals surface area contributed by atoms with E-state index in [0.717, 1.165) is 5.33 Å². The second-order valence-corrected chi connectivity index (χ2v) is 5.12. The summed E-state index contributed by atoms with van der Waals surface area (Å²) >= 11 is 6.86. The van der Waals surface area contributed by atoms with E-state index in [1.165, 1.54) is 7.11 Å². The van der Waals surface area contributed by atoms with Crippen LogP contribution in [0.4, 0.5) is 0 Å². The summed E-state index contributed by atoms with van der Waals surface area (Å²) in [6, 6.07) is 0. The third kappa shape index (κ3) is 3.90. The average molecular weight is 302 g/mol. The fraction of sp³-hybridized carbons (Fsp3) is 0.875. The van der Waals surface area contributed by atoms with Gasteiger partial charge in [0.2, 0.25) is 0 Å². The van der Waals surface area contributed by atoms with Crippen LogP contribution >= 0.6 is 31.9 Å². The summed E-state index contributed by atoms with van der Waals surface area (Å²) in [7, 11) is 1.41. The van der Waals surface area contributed by atoms with Gasteiger partial charge in [-0.05, 0) is 5.41 Å². The summed E-state index contributed by atoms with van der Waals surface area (Å²) in [5, 5.41) is 0.830. The standard InChI is InChI=1S/C8H14Br2O2/c1-8(2,6(10)5-9)4-7(11)12-3/h6H,4-5H2,1-3H3. The molecule has 4 heteroatoms. The predicted molar refractivity (Wildman–Crippen MR) is 56.9 cm³/mol. The number of ether oxygens (including phenoxy) is 1. The summed E-state index contributed by atoms with van der Waals surface area (Å²) in [5.41, 5.74) is -0.0728. The number of carbonyl (C=O) groups excluding carboxylic acids is 1. The molecule has 1 unspecified atom stereocenters. The molecule has 72 valence electrons. The first-order valence-corrected chi connectivity index (χ1v) is 5.74. The Morgan fingerprint density at radius 2 is 2.08 bits per heavy atom. The van der Waals surface area contributed by atoms with Gasteiger partial charge in [0.1, 0.15) is 0 Å². The zero-order chi connectivity index (χ0) is 9.78. The molecule has 12 heavy (non-hydrogen) atoms. The first-order chi connectivity index (χ1) is 5.44. The highest BCUT2D eigenvalue weighted by Gasteiger charge is 2.29. The lowest BCUT2D eigenvalue weighted by Gasteiger charge is -2.27. The molecule has 0 rings (SSSR count). The molecule has 0 aromatic carbocycles. The van der Waals surface area contributed by atoms with E-state index in [4.69, 9.17) is 0 Å². The van der Waals surface area contributed by atoms with E-state index in [2.05, 4.69) is 36.6 Å². The third-order valence-corrected chi connectivity index (χ3v) is 4.89. The van der Waals surface area contributed by atoms with Crippen molar-refractivity contribution in [3.8, 4) is 0 Å². The normalized spacial score (nSPS) is 14.1. The van der Waals surface area contributed by atoms with Gasteiger partial charge in [0.05, 0.1) is 13.5 Å². The van der Waals surface area contributed by atoms with Crippen molar-refractivity contribution in [1.82, 2.24) is 0 Å². The van der Waals surface area contributed by atoms with E-state index in [0.29, 0.717) is 6.42 Å². The lowest BCUT2D eigenvalue weighted by atomic mass is 9.86. The van der Waals surface area contributed by atoms with Crippen molar-refractivity contribution in [3.05, 3.63) is 0 Å². The van der Waals surface area contributed by atoms with Crippen LogP contribution in [0.25, 0.3) is 0 Å². The molecule has 0 saturated carbocycles. The van der Waals surface area contributed by atoms with Crippen LogP contribution in [0.1, 0.15) is 20.3 Å². The molecule has 0 aliphatic carbocycles. The van der Waals surface area contributed by atoms with Gasteiger partial charge in [0.15, 0.2) is 0 Å². The number of alkyl halides is 2. The van der Waals surface area contributed by atoms with E-state index in [1.807, 2.05) is 13.8 Å². The van der Waals surface area contributed by atoms with Crippen LogP contribution in [-0.4, -0.2) is 23.2 Å². The summed E-state index contributed by atoms with van der Waals surface area (Å²) in [6.45, 7) is 4.06. The number of rotatable bonds is 4. The lowest BCUT2D eigenvalue weighted by Crippen LogP contribution is -2.29. The first-order valence-electron chi connectivity index (χ1n) is 3.71. The Bertz CT molecular complexity index is 157. The van der Waals surface area contributed by atoms with Crippen molar-refractivity contribution in [1.29, 1.82) is 0 Å². The van der Waals surface area contributed by atoms with Crippen LogP contribution in [0.3, 0.4) is 0 Å². The Kier molecular flexibility index (Phi) is 5.41. The summed E-state index contributed by atoms with van der Waals surface area (Å²) < 4.78 is 4.61. The Morgan fingerprint density at radius 1 is 1.58 bits per heavy atom. The largest absolute Gasteiger partial charge is 0.469 e. The van der Waals surface area contributed by atoms with Crippen molar-refractivity contribution in [2.45, 2.75) is 25.1 Å². The Morgan fingerprint density at radius 3 is 2.42 bits per heavy atom. The first kappa shape index (κ1) is 12.4. The molecule has 0 aliphatic heterocycles. The van der Waals surface area contributed by atoms with Gasteiger partial charge >= 0.3 is 5.97 Å². The average Bonchev–Trinajstić information content (AvgIpc) is 2.02. The van der Waals surface area contributed by atoms with Gasteiger partial charge in [0.25, 0.3) is 0 Å². The fourth-order valence-corrected chi connectivity index (χ4v) is 1.80. The Balaban J connectivity index is 4.11. The van der Waals surface area contributed by atoms with Gasteiger partial charge < -0.3 is 4.74 Å². The minimum absolute atomic E-state index is 0.0728. The van der Waals surface area contributed by atoms with Gasteiger partial charge in [-0.2, -0.15) is 0 Å². The number of halogens is 2. The van der Waals surface area contributed by atoms with Crippen LogP contribution in [-0.2, 0) is 9.53 Å². The van der Waals surface area contributed by atoms with Crippen molar-refractivity contribution < 1.29 is 9.53 Å². The van der Waals surface area contributed by atoms with Crippen LogP contribution < -0.4 is 0 Å². The SMILES string of the molecule is COC(=O)CC(C)(C)C(Br)CBr. The molecule has 0 bridgehead atoms. The quantitative estimate of drug-likeness (QED) is 0.589. The van der Waals surface area contributed by atoms with E-state index < -0.39 is 0 Å². The van der Waals surface area contributed by atoms with Gasteiger partial charge in [-0.25, -0.2) is 0 Å². The molecular weight excluding hydrogens is 288 g/mol. The van der Waals surface area contributed by atoms with Crippen LogP contribution in [0.2, 0.25) is 0 Å². The molecular formula is C8H14Br2O2. The summed E-state index contributed by atoms with van der Waals surface area (Å²) in [6.07, 6.45) is 0.436. The minimum Gasteiger partial charge on any atom is -0.469 e. The van der Waals surface area contributed by atoms with E-state index >= 15 is 0 Å². The zero-order valence-electron chi connectivity index (χ0n) is 7.56. The number of methoxy groups -OCH3 is 1. The van der Waals surface area contributed by atoms with Crippen LogP contribution in [0, 0.1) is 5.41 Å². The zero-order valence-corrected chi connectivity index (χ0v) is 10.7. The molecule has 0 aromatic heterocycles. The van der Waals surface area contributed by atoms with Crippen LogP contribution in [0.5, 0.6) is 0 Å². The second kappa shape index (κ2) is 5.22. The topological polar surface area (TPSA) is 26.3 Å². The molecule has 1 atom stereocenters. The van der Waals surface area contributed by atoms with Crippen molar-refractivity contribution in [2.75, 3.05) is 12.4 Å². The lowest BCUT2D eigenvalue weighted by molar-refractivity contribution is -0.142. The smallest absolute Gasteiger partial charge is 0.306 e. The van der Waals surface area contributed by atoms with E-state index in [1.54, 1.807) is 0 Å². The highest BCUT2D eigenvalue weighted by Crippen LogP contribution is 2.32. The van der Waals surface area contributed by atoms with Gasteiger partial charge in [0, 0.05) is 10.2 Å². The van der Waals surface area contributed by atoms with Crippen molar-refractivity contribution >= 4 is 37.8 Å². The molecule has 0 saturated heterocycles. The van der Waals surface area contributed by atoms with E-state index in [9.17, 15) is 4.79 Å². The molecule has 0 fully saturated rings. The molecule has 2 nitrogen and oxygen atoms in total. The fourth-order valence-electron chi connectivity index (χ4n) is 0.764. The highest BCUT2D eigenvalue weighted by molar-refractivity contribution is 9.12. The number of hydrogen-bond donors (Lipinski definition) is 0. The molecule has 0 aromatic rings. The maximum absolute atomic E-state index is 11.0. The second-order valence-electron chi connectivity index (χ2n) is 3.36. The van der Waals surface area contributed by atoms with Gasteiger partial charge in [-0.3, -0.25) is 4.79 Å². The number of carbonyl (C=O) groups is 1. The predicted octanol–water partition coefficient (Wildman–Crippen LogP) is 2.73. The molecule has 0 spiro atoms. The van der Waals surface area contributed by atoms with Crippen molar-refractivity contribution in [2.24, 2.45) is 5.41 Å². The van der Waals surface area contributed by atoms with Gasteiger partial charge in [-0.1, -0.05) is 45.7 Å². The Labute approximate surface area is 90.3 Å². The Hall–Kier alpha value is 0.430. The van der Waals surface area contributed by atoms with Crippen LogP contribution in [0.15, 0.2) is 0 Å².